The second kappa shape index (κ2) is 7.16. The lowest BCUT2D eigenvalue weighted by Gasteiger charge is -2.10. The molecule has 0 aliphatic heterocycles. The molecule has 0 spiro atoms. The number of aromatic nitrogens is 2. The second-order valence-corrected chi connectivity index (χ2v) is 7.49. The van der Waals surface area contributed by atoms with E-state index in [0.717, 1.165) is 5.56 Å². The van der Waals surface area contributed by atoms with Gasteiger partial charge in [-0.25, -0.2) is 13.1 Å². The van der Waals surface area contributed by atoms with Crippen molar-refractivity contribution < 1.29 is 12.9 Å². The van der Waals surface area contributed by atoms with E-state index in [0.29, 0.717) is 35.8 Å². The van der Waals surface area contributed by atoms with Crippen LogP contribution in [0.25, 0.3) is 11.4 Å². The SMILES string of the molecule is Cc1nc(-c2ccc(C)c(S(=O)(=O)NCCc3ccccc3)c2)no1. The average Bonchev–Trinajstić information content (AvgIpc) is 3.02. The smallest absolute Gasteiger partial charge is 0.240 e. The van der Waals surface area contributed by atoms with Crippen LogP contribution >= 0.6 is 0 Å². The van der Waals surface area contributed by atoms with Gasteiger partial charge in [-0.05, 0) is 30.5 Å². The van der Waals surface area contributed by atoms with Gasteiger partial charge in [0.05, 0.1) is 4.90 Å². The molecule has 0 atom stereocenters. The summed E-state index contributed by atoms with van der Waals surface area (Å²) in [6.07, 6.45) is 0.628. The Morgan fingerprint density at radius 1 is 1.08 bits per heavy atom. The fourth-order valence-electron chi connectivity index (χ4n) is 2.50. The summed E-state index contributed by atoms with van der Waals surface area (Å²) in [7, 11) is -3.62. The Kier molecular flexibility index (Phi) is 4.96. The number of benzene rings is 2. The maximum atomic E-state index is 12.7. The van der Waals surface area contributed by atoms with Crippen molar-refractivity contribution >= 4 is 10.0 Å². The largest absolute Gasteiger partial charge is 0.339 e. The summed E-state index contributed by atoms with van der Waals surface area (Å²) in [5.41, 5.74) is 2.35. The number of hydrogen-bond donors (Lipinski definition) is 1. The predicted octanol–water partition coefficient (Wildman–Crippen LogP) is 2.87. The van der Waals surface area contributed by atoms with E-state index in [1.54, 1.807) is 32.0 Å². The van der Waals surface area contributed by atoms with Gasteiger partial charge in [0, 0.05) is 19.0 Å². The predicted molar refractivity (Wildman–Crippen MR) is 94.5 cm³/mol. The fourth-order valence-corrected chi connectivity index (χ4v) is 3.80. The van der Waals surface area contributed by atoms with Crippen LogP contribution in [-0.4, -0.2) is 25.1 Å². The lowest BCUT2D eigenvalue weighted by atomic mass is 10.1. The minimum atomic E-state index is -3.62. The van der Waals surface area contributed by atoms with Crippen molar-refractivity contribution in [1.82, 2.24) is 14.9 Å². The van der Waals surface area contributed by atoms with Crippen molar-refractivity contribution in [3.63, 3.8) is 0 Å². The number of hydrogen-bond acceptors (Lipinski definition) is 5. The minimum Gasteiger partial charge on any atom is -0.339 e. The van der Waals surface area contributed by atoms with Gasteiger partial charge in [0.1, 0.15) is 0 Å². The van der Waals surface area contributed by atoms with Crippen molar-refractivity contribution in [2.24, 2.45) is 0 Å². The highest BCUT2D eigenvalue weighted by atomic mass is 32.2. The lowest BCUT2D eigenvalue weighted by molar-refractivity contribution is 0.394. The molecule has 0 radical (unpaired) electrons. The first-order valence-electron chi connectivity index (χ1n) is 7.90. The Balaban J connectivity index is 1.79. The van der Waals surface area contributed by atoms with E-state index in [9.17, 15) is 8.42 Å². The molecule has 25 heavy (non-hydrogen) atoms. The molecule has 0 bridgehead atoms. The van der Waals surface area contributed by atoms with E-state index in [1.165, 1.54) is 0 Å². The highest BCUT2D eigenvalue weighted by Crippen LogP contribution is 2.23. The van der Waals surface area contributed by atoms with E-state index < -0.39 is 10.0 Å². The van der Waals surface area contributed by atoms with E-state index in [4.69, 9.17) is 4.52 Å². The molecule has 0 amide bonds. The van der Waals surface area contributed by atoms with E-state index in [-0.39, 0.29) is 4.90 Å². The van der Waals surface area contributed by atoms with Crippen molar-refractivity contribution in [2.75, 3.05) is 6.54 Å². The highest BCUT2D eigenvalue weighted by Gasteiger charge is 2.18. The first kappa shape index (κ1) is 17.3. The Bertz CT molecular complexity index is 966. The fraction of sp³-hybridized carbons (Fsp3) is 0.222. The van der Waals surface area contributed by atoms with Crippen LogP contribution in [0.15, 0.2) is 57.9 Å². The van der Waals surface area contributed by atoms with Gasteiger partial charge in [0.2, 0.25) is 21.7 Å². The summed E-state index contributed by atoms with van der Waals surface area (Å²) in [5.74, 6) is 0.805. The molecular weight excluding hydrogens is 338 g/mol. The summed E-state index contributed by atoms with van der Waals surface area (Å²) >= 11 is 0. The number of sulfonamides is 1. The van der Waals surface area contributed by atoms with Crippen molar-refractivity contribution in [3.8, 4) is 11.4 Å². The minimum absolute atomic E-state index is 0.223. The zero-order chi connectivity index (χ0) is 17.9. The Hall–Kier alpha value is -2.51. The topological polar surface area (TPSA) is 85.1 Å². The van der Waals surface area contributed by atoms with Crippen LogP contribution in [0, 0.1) is 13.8 Å². The Morgan fingerprint density at radius 2 is 1.84 bits per heavy atom. The molecule has 130 valence electrons. The molecule has 0 aliphatic rings. The van der Waals surface area contributed by atoms with Crippen molar-refractivity contribution in [1.29, 1.82) is 0 Å². The van der Waals surface area contributed by atoms with Gasteiger partial charge in [0.25, 0.3) is 0 Å². The molecule has 0 aliphatic carbocycles. The molecule has 6 nitrogen and oxygen atoms in total. The standard InChI is InChI=1S/C18H19N3O3S/c1-13-8-9-16(18-20-14(2)24-21-18)12-17(13)25(22,23)19-11-10-15-6-4-3-5-7-15/h3-9,12,19H,10-11H2,1-2H3. The first-order chi connectivity index (χ1) is 12.0. The zero-order valence-electron chi connectivity index (χ0n) is 14.1. The summed E-state index contributed by atoms with van der Waals surface area (Å²) in [6.45, 7) is 3.78. The van der Waals surface area contributed by atoms with Gasteiger partial charge >= 0.3 is 0 Å². The van der Waals surface area contributed by atoms with Crippen molar-refractivity contribution in [3.05, 3.63) is 65.5 Å². The quantitative estimate of drug-likeness (QED) is 0.733. The normalized spacial score (nSPS) is 11.6. The van der Waals surface area contributed by atoms with E-state index >= 15 is 0 Å². The first-order valence-corrected chi connectivity index (χ1v) is 9.39. The van der Waals surface area contributed by atoms with Crippen molar-refractivity contribution in [2.45, 2.75) is 25.2 Å². The molecule has 1 heterocycles. The summed E-state index contributed by atoms with van der Waals surface area (Å²) < 4.78 is 32.9. The summed E-state index contributed by atoms with van der Waals surface area (Å²) in [5, 5.41) is 3.84. The molecule has 0 saturated heterocycles. The van der Waals surface area contributed by atoms with Crippen LogP contribution in [-0.2, 0) is 16.4 Å². The highest BCUT2D eigenvalue weighted by molar-refractivity contribution is 7.89. The number of aryl methyl sites for hydroxylation is 2. The molecule has 0 unspecified atom stereocenters. The average molecular weight is 357 g/mol. The monoisotopic (exact) mass is 357 g/mol. The number of rotatable bonds is 6. The van der Waals surface area contributed by atoms with E-state index in [1.807, 2.05) is 30.3 Å². The third-order valence-electron chi connectivity index (χ3n) is 3.81. The molecular formula is C18H19N3O3S. The second-order valence-electron chi connectivity index (χ2n) is 5.75. The summed E-state index contributed by atoms with van der Waals surface area (Å²) in [6, 6.07) is 14.8. The van der Waals surface area contributed by atoms with E-state index in [2.05, 4.69) is 14.9 Å². The zero-order valence-corrected chi connectivity index (χ0v) is 14.9. The molecule has 7 heteroatoms. The maximum absolute atomic E-state index is 12.7. The third kappa shape index (κ3) is 4.12. The molecule has 0 saturated carbocycles. The van der Waals surface area contributed by atoms with Crippen LogP contribution < -0.4 is 4.72 Å². The molecule has 1 aromatic heterocycles. The molecule has 2 aromatic carbocycles. The molecule has 3 aromatic rings. The van der Waals surface area contributed by atoms with Gasteiger partial charge in [-0.1, -0.05) is 47.6 Å². The third-order valence-corrected chi connectivity index (χ3v) is 5.42. The molecule has 3 rings (SSSR count). The van der Waals surface area contributed by atoms with Gasteiger partial charge in [-0.3, -0.25) is 0 Å². The van der Waals surface area contributed by atoms with Crippen LogP contribution in [0.3, 0.4) is 0 Å². The summed E-state index contributed by atoms with van der Waals surface area (Å²) in [4.78, 5) is 4.37. The maximum Gasteiger partial charge on any atom is 0.240 e. The van der Waals surface area contributed by atoms with Crippen LogP contribution in [0.1, 0.15) is 17.0 Å². The molecule has 0 fully saturated rings. The number of nitrogens with zero attached hydrogens (tertiary/aromatic N) is 2. The Labute approximate surface area is 147 Å². The number of nitrogens with one attached hydrogen (secondary N) is 1. The Morgan fingerprint density at radius 3 is 2.52 bits per heavy atom. The van der Waals surface area contributed by atoms with Gasteiger partial charge in [-0.2, -0.15) is 4.98 Å². The van der Waals surface area contributed by atoms with Gasteiger partial charge in [0.15, 0.2) is 0 Å². The van der Waals surface area contributed by atoms with Crippen LogP contribution in [0.2, 0.25) is 0 Å². The molecule has 1 N–H and O–H groups in total. The van der Waals surface area contributed by atoms with Gasteiger partial charge in [-0.15, -0.1) is 0 Å². The lowest BCUT2D eigenvalue weighted by Crippen LogP contribution is -2.26. The van der Waals surface area contributed by atoms with Gasteiger partial charge < -0.3 is 4.52 Å². The van der Waals surface area contributed by atoms with Crippen LogP contribution in [0.5, 0.6) is 0 Å². The van der Waals surface area contributed by atoms with Crippen LogP contribution in [0.4, 0.5) is 0 Å².